The van der Waals surface area contributed by atoms with Gasteiger partial charge in [-0.3, -0.25) is 4.79 Å². The molecule has 0 atom stereocenters. The molecule has 0 unspecified atom stereocenters. The highest BCUT2D eigenvalue weighted by Gasteiger charge is 2.47. The Kier molecular flexibility index (Phi) is 2.22. The highest BCUT2D eigenvalue weighted by molar-refractivity contribution is 6.05. The van der Waals surface area contributed by atoms with E-state index in [1.165, 1.54) is 25.8 Å². The highest BCUT2D eigenvalue weighted by Crippen LogP contribution is 2.21. The van der Waals surface area contributed by atoms with Crippen LogP contribution in [-0.4, -0.2) is 51.9 Å². The molecule has 1 aliphatic heterocycles. The van der Waals surface area contributed by atoms with E-state index in [1.54, 1.807) is 0 Å². The number of carbonyl (C=O) groups excluding carboxylic acids is 2. The Morgan fingerprint density at radius 3 is 2.21 bits per heavy atom. The molecule has 1 rings (SSSR count). The van der Waals surface area contributed by atoms with Gasteiger partial charge in [0.1, 0.15) is 12.1 Å². The van der Waals surface area contributed by atoms with E-state index in [4.69, 9.17) is 5.11 Å². The summed E-state index contributed by atoms with van der Waals surface area (Å²) in [6.45, 7) is 2.59. The van der Waals surface area contributed by atoms with Gasteiger partial charge in [-0.1, -0.05) is 0 Å². The van der Waals surface area contributed by atoms with Crippen LogP contribution in [0.4, 0.5) is 4.79 Å². The summed E-state index contributed by atoms with van der Waals surface area (Å²) < 4.78 is 0. The molecule has 3 amide bonds. The fraction of sp³-hybridized carbons (Fsp3) is 0.625. The van der Waals surface area contributed by atoms with E-state index in [0.29, 0.717) is 0 Å². The van der Waals surface area contributed by atoms with Crippen LogP contribution in [-0.2, 0) is 9.59 Å². The highest BCUT2D eigenvalue weighted by atomic mass is 16.4. The Bertz CT molecular complexity index is 310. The zero-order chi connectivity index (χ0) is 11.1. The predicted molar refractivity (Wildman–Crippen MR) is 46.6 cm³/mol. The Morgan fingerprint density at radius 2 is 1.93 bits per heavy atom. The van der Waals surface area contributed by atoms with Crippen LogP contribution in [0.2, 0.25) is 0 Å². The van der Waals surface area contributed by atoms with Crippen molar-refractivity contribution in [3.8, 4) is 0 Å². The van der Waals surface area contributed by atoms with Gasteiger partial charge in [-0.15, -0.1) is 0 Å². The van der Waals surface area contributed by atoms with Crippen LogP contribution in [0.3, 0.4) is 0 Å². The third kappa shape index (κ3) is 1.32. The number of hydrogen-bond acceptors (Lipinski definition) is 3. The van der Waals surface area contributed by atoms with Crippen molar-refractivity contribution in [2.75, 3.05) is 13.6 Å². The summed E-state index contributed by atoms with van der Waals surface area (Å²) in [6.07, 6.45) is 0. The normalized spacial score (nSPS) is 17.9. The van der Waals surface area contributed by atoms with Crippen LogP contribution in [0.15, 0.2) is 0 Å². The van der Waals surface area contributed by atoms with Gasteiger partial charge in [0.25, 0.3) is 5.91 Å². The van der Waals surface area contributed by atoms with E-state index in [9.17, 15) is 14.4 Å². The molecule has 1 N–H and O–H groups in total. The lowest BCUT2D eigenvalue weighted by Crippen LogP contribution is -2.53. The molecule has 0 aromatic rings. The zero-order valence-corrected chi connectivity index (χ0v) is 8.27. The standard InChI is InChI=1S/C8H12N2O4/c1-8(2,6(12)13)10-5(11)4-9(3)7(10)14/h4H2,1-3H3,(H,12,13). The Morgan fingerprint density at radius 1 is 1.43 bits per heavy atom. The molecular formula is C8H12N2O4. The van der Waals surface area contributed by atoms with Gasteiger partial charge in [0.05, 0.1) is 0 Å². The maximum absolute atomic E-state index is 11.4. The summed E-state index contributed by atoms with van der Waals surface area (Å²) in [6, 6.07) is -0.567. The second-order valence-corrected chi connectivity index (χ2v) is 3.73. The smallest absolute Gasteiger partial charge is 0.329 e. The van der Waals surface area contributed by atoms with E-state index in [1.807, 2.05) is 0 Å². The summed E-state index contributed by atoms with van der Waals surface area (Å²) >= 11 is 0. The average Bonchev–Trinajstić information content (AvgIpc) is 2.26. The van der Waals surface area contributed by atoms with Crippen molar-refractivity contribution in [2.24, 2.45) is 0 Å². The summed E-state index contributed by atoms with van der Waals surface area (Å²) in [5.74, 6) is -1.68. The number of imide groups is 1. The molecule has 1 saturated heterocycles. The Labute approximate surface area is 81.1 Å². The first-order chi connectivity index (χ1) is 6.28. The minimum atomic E-state index is -1.49. The van der Waals surface area contributed by atoms with Crippen molar-refractivity contribution >= 4 is 17.9 Å². The van der Waals surface area contributed by atoms with E-state index >= 15 is 0 Å². The molecule has 1 heterocycles. The van der Waals surface area contributed by atoms with E-state index in [2.05, 4.69) is 0 Å². The van der Waals surface area contributed by atoms with Crippen LogP contribution < -0.4 is 0 Å². The van der Waals surface area contributed by atoms with Gasteiger partial charge in [0, 0.05) is 7.05 Å². The number of hydrogen-bond donors (Lipinski definition) is 1. The van der Waals surface area contributed by atoms with Crippen LogP contribution in [0.5, 0.6) is 0 Å². The van der Waals surface area contributed by atoms with Gasteiger partial charge >= 0.3 is 12.0 Å². The largest absolute Gasteiger partial charge is 0.480 e. The van der Waals surface area contributed by atoms with Gasteiger partial charge in [-0.2, -0.15) is 0 Å². The van der Waals surface area contributed by atoms with Crippen molar-refractivity contribution in [3.05, 3.63) is 0 Å². The van der Waals surface area contributed by atoms with E-state index in [0.717, 1.165) is 4.90 Å². The van der Waals surface area contributed by atoms with Crippen molar-refractivity contribution in [1.29, 1.82) is 0 Å². The van der Waals surface area contributed by atoms with Gasteiger partial charge < -0.3 is 10.0 Å². The molecule has 78 valence electrons. The number of urea groups is 1. The lowest BCUT2D eigenvalue weighted by atomic mass is 10.0. The monoisotopic (exact) mass is 200 g/mol. The van der Waals surface area contributed by atoms with Gasteiger partial charge in [0.15, 0.2) is 0 Å². The minimum absolute atomic E-state index is 0.0600. The third-order valence-corrected chi connectivity index (χ3v) is 2.22. The number of aliphatic carboxylic acids is 1. The summed E-state index contributed by atoms with van der Waals surface area (Å²) in [5, 5.41) is 8.86. The van der Waals surface area contributed by atoms with Crippen molar-refractivity contribution in [2.45, 2.75) is 19.4 Å². The molecule has 14 heavy (non-hydrogen) atoms. The first-order valence-corrected chi connectivity index (χ1v) is 4.10. The zero-order valence-electron chi connectivity index (χ0n) is 8.27. The summed E-state index contributed by atoms with van der Waals surface area (Å²) in [4.78, 5) is 35.6. The number of nitrogens with zero attached hydrogens (tertiary/aromatic N) is 2. The number of carbonyl (C=O) groups is 3. The lowest BCUT2D eigenvalue weighted by Gasteiger charge is -2.28. The molecule has 1 aliphatic rings. The second-order valence-electron chi connectivity index (χ2n) is 3.73. The molecule has 6 nitrogen and oxygen atoms in total. The second kappa shape index (κ2) is 2.97. The maximum Gasteiger partial charge on any atom is 0.329 e. The first-order valence-electron chi connectivity index (χ1n) is 4.10. The van der Waals surface area contributed by atoms with Gasteiger partial charge in [-0.05, 0) is 13.8 Å². The van der Waals surface area contributed by atoms with Crippen molar-refractivity contribution < 1.29 is 19.5 Å². The van der Waals surface area contributed by atoms with E-state index < -0.39 is 23.4 Å². The number of likely N-dealkylation sites (N-methyl/N-ethyl adjacent to an activating group) is 1. The van der Waals surface area contributed by atoms with Crippen LogP contribution >= 0.6 is 0 Å². The van der Waals surface area contributed by atoms with Crippen LogP contribution in [0.1, 0.15) is 13.8 Å². The van der Waals surface area contributed by atoms with Gasteiger partial charge in [0.2, 0.25) is 0 Å². The SMILES string of the molecule is CN1CC(=O)N(C(C)(C)C(=O)O)C1=O. The quantitative estimate of drug-likeness (QED) is 0.623. The minimum Gasteiger partial charge on any atom is -0.480 e. The van der Waals surface area contributed by atoms with Gasteiger partial charge in [-0.25, -0.2) is 14.5 Å². The molecule has 0 spiro atoms. The molecule has 0 aliphatic carbocycles. The Hall–Kier alpha value is -1.59. The predicted octanol–water partition coefficient (Wildman–Crippen LogP) is -0.256. The number of carboxylic acids is 1. The number of carboxylic acid groups (broad SMARTS) is 1. The Balaban J connectivity index is 3.04. The molecule has 6 heteroatoms. The van der Waals surface area contributed by atoms with E-state index in [-0.39, 0.29) is 6.54 Å². The topological polar surface area (TPSA) is 77.9 Å². The third-order valence-electron chi connectivity index (χ3n) is 2.22. The number of rotatable bonds is 2. The van der Waals surface area contributed by atoms with Crippen LogP contribution in [0.25, 0.3) is 0 Å². The molecule has 0 bridgehead atoms. The van der Waals surface area contributed by atoms with Crippen LogP contribution in [0, 0.1) is 0 Å². The molecule has 0 radical (unpaired) electrons. The van der Waals surface area contributed by atoms with Crippen molar-refractivity contribution in [3.63, 3.8) is 0 Å². The lowest BCUT2D eigenvalue weighted by molar-refractivity contribution is -0.151. The first kappa shape index (κ1) is 10.5. The molecular weight excluding hydrogens is 188 g/mol. The molecule has 0 saturated carbocycles. The fourth-order valence-electron chi connectivity index (χ4n) is 1.27. The average molecular weight is 200 g/mol. The number of amides is 3. The molecule has 0 aromatic heterocycles. The summed E-state index contributed by atoms with van der Waals surface area (Å²) in [7, 11) is 1.46. The summed E-state index contributed by atoms with van der Waals surface area (Å²) in [5.41, 5.74) is -1.49. The molecule has 1 fully saturated rings. The fourth-order valence-corrected chi connectivity index (χ4v) is 1.27. The molecule has 0 aromatic carbocycles. The maximum atomic E-state index is 11.4. The van der Waals surface area contributed by atoms with Crippen molar-refractivity contribution in [1.82, 2.24) is 9.80 Å².